The Morgan fingerprint density at radius 3 is 2.31 bits per heavy atom. The van der Waals surface area contributed by atoms with E-state index in [4.69, 9.17) is 0 Å². The highest BCUT2D eigenvalue weighted by Crippen LogP contribution is 2.24. The maximum atomic E-state index is 11.6. The van der Waals surface area contributed by atoms with E-state index in [2.05, 4.69) is 0 Å². The van der Waals surface area contributed by atoms with Gasteiger partial charge in [-0.25, -0.2) is 0 Å². The lowest BCUT2D eigenvalue weighted by Gasteiger charge is -2.29. The van der Waals surface area contributed by atoms with Gasteiger partial charge in [-0.3, -0.25) is 14.5 Å². The molecule has 3 heteroatoms. The zero-order valence-electron chi connectivity index (χ0n) is 8.55. The molecule has 0 radical (unpaired) electrons. The molecule has 1 unspecified atom stereocenters. The predicted molar refractivity (Wildman–Crippen MR) is 49.9 cm³/mol. The molecule has 0 aromatic heterocycles. The van der Waals surface area contributed by atoms with Crippen LogP contribution in [-0.2, 0) is 9.59 Å². The number of hydrogen-bond donors (Lipinski definition) is 0. The molecule has 0 fully saturated rings. The van der Waals surface area contributed by atoms with Crippen LogP contribution in [0.3, 0.4) is 0 Å². The second kappa shape index (κ2) is 3.32. The van der Waals surface area contributed by atoms with Gasteiger partial charge in [-0.1, -0.05) is 5.57 Å². The normalized spacial score (nSPS) is 24.3. The lowest BCUT2D eigenvalue weighted by atomic mass is 9.92. The van der Waals surface area contributed by atoms with Crippen LogP contribution in [0.1, 0.15) is 27.7 Å². The third kappa shape index (κ3) is 1.39. The van der Waals surface area contributed by atoms with Crippen molar-refractivity contribution in [2.24, 2.45) is 5.92 Å². The second-order valence-electron chi connectivity index (χ2n) is 3.42. The average molecular weight is 181 g/mol. The van der Waals surface area contributed by atoms with Gasteiger partial charge in [-0.05, 0) is 27.7 Å². The van der Waals surface area contributed by atoms with Gasteiger partial charge in [0.15, 0.2) is 0 Å². The zero-order chi connectivity index (χ0) is 10.2. The number of likely N-dealkylation sites (N-methyl/N-ethyl adjacent to an activating group) is 1. The Kier molecular flexibility index (Phi) is 2.55. The monoisotopic (exact) mass is 181 g/mol. The minimum atomic E-state index is -0.141. The van der Waals surface area contributed by atoms with E-state index in [0.29, 0.717) is 12.1 Å². The first-order valence-electron chi connectivity index (χ1n) is 4.53. The van der Waals surface area contributed by atoms with E-state index < -0.39 is 0 Å². The summed E-state index contributed by atoms with van der Waals surface area (Å²) in [4.78, 5) is 24.5. The van der Waals surface area contributed by atoms with Gasteiger partial charge in [0.25, 0.3) is 5.91 Å². The molecule has 0 spiro atoms. The van der Waals surface area contributed by atoms with Gasteiger partial charge >= 0.3 is 0 Å². The van der Waals surface area contributed by atoms with E-state index in [-0.39, 0.29) is 17.7 Å². The molecule has 1 atom stereocenters. The van der Waals surface area contributed by atoms with Crippen LogP contribution < -0.4 is 0 Å². The van der Waals surface area contributed by atoms with E-state index in [1.165, 1.54) is 4.90 Å². The van der Waals surface area contributed by atoms with Crippen molar-refractivity contribution in [3.8, 4) is 0 Å². The quantitative estimate of drug-likeness (QED) is 0.572. The molecule has 0 saturated heterocycles. The summed E-state index contributed by atoms with van der Waals surface area (Å²) >= 11 is 0. The summed E-state index contributed by atoms with van der Waals surface area (Å²) in [6.07, 6.45) is 0. The number of imide groups is 1. The number of carbonyl (C=O) groups excluding carboxylic acids is 2. The van der Waals surface area contributed by atoms with Crippen molar-refractivity contribution >= 4 is 11.8 Å². The first-order valence-corrected chi connectivity index (χ1v) is 4.53. The molecular formula is C10H15NO2. The molecule has 2 amide bonds. The fourth-order valence-electron chi connectivity index (χ4n) is 1.51. The summed E-state index contributed by atoms with van der Waals surface area (Å²) in [5, 5.41) is 0. The third-order valence-electron chi connectivity index (χ3n) is 2.76. The first kappa shape index (κ1) is 9.96. The first-order chi connectivity index (χ1) is 6.00. The molecule has 72 valence electrons. The Balaban J connectivity index is 3.14. The molecule has 0 aromatic carbocycles. The number of rotatable bonds is 1. The topological polar surface area (TPSA) is 37.4 Å². The number of hydrogen-bond acceptors (Lipinski definition) is 2. The van der Waals surface area contributed by atoms with Crippen molar-refractivity contribution in [2.75, 3.05) is 6.54 Å². The standard InChI is InChI=1S/C10H15NO2/c1-5-11-9(12)7(3)6(2)8(4)10(11)13/h7H,5H2,1-4H3. The van der Waals surface area contributed by atoms with Gasteiger partial charge in [-0.15, -0.1) is 0 Å². The van der Waals surface area contributed by atoms with E-state index in [0.717, 1.165) is 5.57 Å². The van der Waals surface area contributed by atoms with Crippen molar-refractivity contribution in [1.82, 2.24) is 4.90 Å². The maximum absolute atomic E-state index is 11.6. The second-order valence-corrected chi connectivity index (χ2v) is 3.42. The molecule has 3 nitrogen and oxygen atoms in total. The van der Waals surface area contributed by atoms with Crippen LogP contribution in [0.5, 0.6) is 0 Å². The maximum Gasteiger partial charge on any atom is 0.256 e. The molecule has 0 bridgehead atoms. The summed E-state index contributed by atoms with van der Waals surface area (Å²) in [5.74, 6) is -0.351. The summed E-state index contributed by atoms with van der Waals surface area (Å²) < 4.78 is 0. The Bertz CT molecular complexity index is 291. The summed E-state index contributed by atoms with van der Waals surface area (Å²) in [6, 6.07) is 0. The van der Waals surface area contributed by atoms with Crippen molar-refractivity contribution in [3.63, 3.8) is 0 Å². The van der Waals surface area contributed by atoms with Crippen molar-refractivity contribution < 1.29 is 9.59 Å². The number of nitrogens with zero attached hydrogens (tertiary/aromatic N) is 1. The highest BCUT2D eigenvalue weighted by Gasteiger charge is 2.33. The molecule has 1 rings (SSSR count). The SMILES string of the molecule is CCN1C(=O)C(C)=C(C)C(C)C1=O. The highest BCUT2D eigenvalue weighted by atomic mass is 16.2. The molecule has 1 heterocycles. The summed E-state index contributed by atoms with van der Waals surface area (Å²) in [5.41, 5.74) is 1.62. The molecule has 1 aliphatic heterocycles. The Hall–Kier alpha value is -1.12. The van der Waals surface area contributed by atoms with E-state index in [1.807, 2.05) is 20.8 Å². The van der Waals surface area contributed by atoms with Crippen molar-refractivity contribution in [3.05, 3.63) is 11.1 Å². The lowest BCUT2D eigenvalue weighted by molar-refractivity contribution is -0.145. The van der Waals surface area contributed by atoms with Crippen molar-refractivity contribution in [1.29, 1.82) is 0 Å². The lowest BCUT2D eigenvalue weighted by Crippen LogP contribution is -2.44. The van der Waals surface area contributed by atoms with Crippen LogP contribution >= 0.6 is 0 Å². The van der Waals surface area contributed by atoms with Crippen LogP contribution in [0.4, 0.5) is 0 Å². The van der Waals surface area contributed by atoms with Gasteiger partial charge in [0.2, 0.25) is 5.91 Å². The van der Waals surface area contributed by atoms with Crippen LogP contribution in [0.25, 0.3) is 0 Å². The molecule has 1 aliphatic rings. The highest BCUT2D eigenvalue weighted by molar-refractivity contribution is 6.08. The summed E-state index contributed by atoms with van der Waals surface area (Å²) in [6.45, 7) is 7.76. The Labute approximate surface area is 78.4 Å². The average Bonchev–Trinajstić information content (AvgIpc) is 2.13. The predicted octanol–water partition coefficient (Wildman–Crippen LogP) is 1.35. The fourth-order valence-corrected chi connectivity index (χ4v) is 1.51. The van der Waals surface area contributed by atoms with Gasteiger partial charge in [-0.2, -0.15) is 0 Å². The van der Waals surface area contributed by atoms with E-state index in [9.17, 15) is 9.59 Å². The van der Waals surface area contributed by atoms with Crippen LogP contribution in [0, 0.1) is 5.92 Å². The van der Waals surface area contributed by atoms with Gasteiger partial charge in [0.1, 0.15) is 0 Å². The minimum absolute atomic E-state index is 0.0735. The summed E-state index contributed by atoms with van der Waals surface area (Å²) in [7, 11) is 0. The van der Waals surface area contributed by atoms with E-state index in [1.54, 1.807) is 6.92 Å². The van der Waals surface area contributed by atoms with Crippen LogP contribution in [-0.4, -0.2) is 23.3 Å². The number of amides is 2. The smallest absolute Gasteiger partial charge is 0.256 e. The fraction of sp³-hybridized carbons (Fsp3) is 0.600. The molecule has 0 N–H and O–H groups in total. The Morgan fingerprint density at radius 1 is 1.31 bits per heavy atom. The zero-order valence-corrected chi connectivity index (χ0v) is 8.55. The largest absolute Gasteiger partial charge is 0.279 e. The number of carbonyl (C=O) groups is 2. The molecule has 0 saturated carbocycles. The van der Waals surface area contributed by atoms with Crippen LogP contribution in [0.15, 0.2) is 11.1 Å². The van der Waals surface area contributed by atoms with E-state index >= 15 is 0 Å². The van der Waals surface area contributed by atoms with Gasteiger partial charge in [0.05, 0.1) is 5.92 Å². The molecule has 0 aromatic rings. The third-order valence-corrected chi connectivity index (χ3v) is 2.76. The Morgan fingerprint density at radius 2 is 1.85 bits per heavy atom. The van der Waals surface area contributed by atoms with Gasteiger partial charge in [0, 0.05) is 12.1 Å². The molecule has 13 heavy (non-hydrogen) atoms. The minimum Gasteiger partial charge on any atom is -0.279 e. The van der Waals surface area contributed by atoms with Gasteiger partial charge < -0.3 is 0 Å². The van der Waals surface area contributed by atoms with Crippen LogP contribution in [0.2, 0.25) is 0 Å². The molecule has 0 aliphatic carbocycles. The van der Waals surface area contributed by atoms with Crippen molar-refractivity contribution in [2.45, 2.75) is 27.7 Å². The molecular weight excluding hydrogens is 166 g/mol.